The minimum absolute atomic E-state index is 0.0490. The average Bonchev–Trinajstić information content (AvgIpc) is 3.55. The minimum atomic E-state index is -1.58. The van der Waals surface area contributed by atoms with Crippen molar-refractivity contribution in [2.45, 2.75) is 58.2 Å². The van der Waals surface area contributed by atoms with Gasteiger partial charge in [0.25, 0.3) is 11.5 Å². The van der Waals surface area contributed by atoms with Gasteiger partial charge in [-0.2, -0.15) is 5.21 Å². The van der Waals surface area contributed by atoms with E-state index in [2.05, 4.69) is 47.1 Å². The van der Waals surface area contributed by atoms with Crippen LogP contribution in [0.4, 0.5) is 10.1 Å². The molecule has 48 heavy (non-hydrogen) atoms. The zero-order chi connectivity index (χ0) is 35.0. The lowest BCUT2D eigenvalue weighted by molar-refractivity contribution is -0.142. The summed E-state index contributed by atoms with van der Waals surface area (Å²) in [7, 11) is 0. The molecule has 0 bridgehead atoms. The number of carbonyl (C=O) groups excluding carboxylic acids is 2. The SMILES string of the molecule is C#CCN(Cc1cc2c(=O)[nH]c(C)nc2cc1C)c1ccc(C(=O)N[C@@H](CCC(=O)N[C@H](CCc2nn[nH]n2)C(=O)O)C(=O)O)c(F)c1. The van der Waals surface area contributed by atoms with Gasteiger partial charge in [0.1, 0.15) is 23.7 Å². The van der Waals surface area contributed by atoms with E-state index in [-0.39, 0.29) is 37.3 Å². The largest absolute Gasteiger partial charge is 0.480 e. The second-order valence-electron chi connectivity index (χ2n) is 10.9. The monoisotopic (exact) mass is 661 g/mol. The lowest BCUT2D eigenvalue weighted by Crippen LogP contribution is -2.44. The van der Waals surface area contributed by atoms with Crippen molar-refractivity contribution in [2.75, 3.05) is 11.4 Å². The van der Waals surface area contributed by atoms with Crippen LogP contribution >= 0.6 is 0 Å². The van der Waals surface area contributed by atoms with Gasteiger partial charge in [-0.15, -0.1) is 16.6 Å². The number of rotatable bonds is 15. The fraction of sp³-hybridized carbons (Fsp3) is 0.323. The Balaban J connectivity index is 1.41. The van der Waals surface area contributed by atoms with Gasteiger partial charge in [0.15, 0.2) is 5.82 Å². The number of aliphatic carboxylic acids is 2. The molecule has 4 aromatic rings. The molecule has 2 heterocycles. The van der Waals surface area contributed by atoms with Crippen LogP contribution in [-0.4, -0.2) is 83.2 Å². The summed E-state index contributed by atoms with van der Waals surface area (Å²) in [5, 5.41) is 37.0. The molecule has 2 amide bonds. The summed E-state index contributed by atoms with van der Waals surface area (Å²) in [4.78, 5) is 69.9. The number of terminal acetylenes is 1. The number of amides is 2. The predicted molar refractivity (Wildman–Crippen MR) is 168 cm³/mol. The van der Waals surface area contributed by atoms with Crippen molar-refractivity contribution in [3.63, 3.8) is 0 Å². The number of aryl methyl sites for hydroxylation is 3. The van der Waals surface area contributed by atoms with Gasteiger partial charge in [0.2, 0.25) is 5.91 Å². The first-order chi connectivity index (χ1) is 22.9. The Labute approximate surface area is 272 Å². The standard InChI is InChI=1S/C31H32FN9O7/c1-4-11-41(15-18-13-21-25(12-16(18)2)33-17(3)34-29(21)44)19-5-6-20(22(32)14-19)28(43)36-24(31(47)48)8-10-27(42)35-23(30(45)46)7-9-26-37-39-40-38-26/h1,5-6,12-14,23-24H,7-11,15H2,2-3H3,(H,35,42)(H,36,43)(H,45,46)(H,47,48)(H,33,34,44)(H,37,38,39,40)/t23-,24+/m1/s1. The summed E-state index contributed by atoms with van der Waals surface area (Å²) in [5.74, 6) is -2.30. The zero-order valence-corrected chi connectivity index (χ0v) is 25.9. The number of anilines is 1. The molecule has 6 N–H and O–H groups in total. The number of tetrazole rings is 1. The molecule has 0 unspecified atom stereocenters. The van der Waals surface area contributed by atoms with Crippen LogP contribution in [0, 0.1) is 32.0 Å². The number of nitrogens with zero attached hydrogens (tertiary/aromatic N) is 5. The van der Waals surface area contributed by atoms with E-state index in [1.807, 2.05) is 6.92 Å². The highest BCUT2D eigenvalue weighted by Crippen LogP contribution is 2.24. The Kier molecular flexibility index (Phi) is 11.1. The summed E-state index contributed by atoms with van der Waals surface area (Å²) in [6.45, 7) is 3.79. The Morgan fingerprint density at radius 1 is 1.06 bits per heavy atom. The number of halogens is 1. The van der Waals surface area contributed by atoms with Gasteiger partial charge in [-0.3, -0.25) is 14.4 Å². The zero-order valence-electron chi connectivity index (χ0n) is 25.9. The third-order valence-electron chi connectivity index (χ3n) is 7.43. The Morgan fingerprint density at radius 3 is 2.44 bits per heavy atom. The van der Waals surface area contributed by atoms with Gasteiger partial charge in [-0.1, -0.05) is 11.1 Å². The van der Waals surface area contributed by atoms with E-state index in [0.717, 1.165) is 17.2 Å². The molecule has 0 spiro atoms. The Hall–Kier alpha value is -6.18. The summed E-state index contributed by atoms with van der Waals surface area (Å²) in [6, 6.07) is 4.31. The highest BCUT2D eigenvalue weighted by molar-refractivity contribution is 5.97. The molecule has 250 valence electrons. The first-order valence-electron chi connectivity index (χ1n) is 14.6. The van der Waals surface area contributed by atoms with Gasteiger partial charge in [-0.05, 0) is 68.1 Å². The van der Waals surface area contributed by atoms with Crippen LogP contribution in [0.2, 0.25) is 0 Å². The van der Waals surface area contributed by atoms with E-state index < -0.39 is 60.1 Å². The molecule has 0 aliphatic carbocycles. The number of nitrogens with one attached hydrogen (secondary N) is 4. The normalized spacial score (nSPS) is 12.1. The highest BCUT2D eigenvalue weighted by Gasteiger charge is 2.26. The lowest BCUT2D eigenvalue weighted by Gasteiger charge is -2.24. The molecular weight excluding hydrogens is 629 g/mol. The summed E-state index contributed by atoms with van der Waals surface area (Å²) in [6.07, 6.45) is 4.79. The van der Waals surface area contributed by atoms with E-state index in [1.54, 1.807) is 24.0 Å². The molecule has 2 atom stereocenters. The van der Waals surface area contributed by atoms with Crippen LogP contribution in [0.3, 0.4) is 0 Å². The van der Waals surface area contributed by atoms with Crippen molar-refractivity contribution >= 4 is 40.3 Å². The van der Waals surface area contributed by atoms with Crippen LogP contribution in [0.5, 0.6) is 0 Å². The highest BCUT2D eigenvalue weighted by atomic mass is 19.1. The number of carbonyl (C=O) groups is 4. The molecule has 4 rings (SSSR count). The van der Waals surface area contributed by atoms with Gasteiger partial charge in [-0.25, -0.2) is 19.0 Å². The molecule has 0 aliphatic heterocycles. The fourth-order valence-electron chi connectivity index (χ4n) is 4.92. The first kappa shape index (κ1) is 34.7. The van der Waals surface area contributed by atoms with E-state index in [9.17, 15) is 34.2 Å². The van der Waals surface area contributed by atoms with Crippen molar-refractivity contribution < 1.29 is 33.8 Å². The van der Waals surface area contributed by atoms with E-state index in [0.29, 0.717) is 22.4 Å². The van der Waals surface area contributed by atoms with Crippen LogP contribution in [-0.2, 0) is 27.3 Å². The third kappa shape index (κ3) is 8.75. The molecule has 0 radical (unpaired) electrons. The van der Waals surface area contributed by atoms with Crippen molar-refractivity contribution in [1.29, 1.82) is 0 Å². The molecule has 2 aromatic carbocycles. The number of H-pyrrole nitrogens is 2. The third-order valence-corrected chi connectivity index (χ3v) is 7.43. The van der Waals surface area contributed by atoms with E-state index in [1.165, 1.54) is 12.1 Å². The summed E-state index contributed by atoms with van der Waals surface area (Å²) < 4.78 is 15.3. The number of aromatic amines is 2. The van der Waals surface area contributed by atoms with Crippen LogP contribution in [0.25, 0.3) is 10.9 Å². The number of carboxylic acids is 2. The average molecular weight is 662 g/mol. The van der Waals surface area contributed by atoms with Gasteiger partial charge >= 0.3 is 11.9 Å². The van der Waals surface area contributed by atoms with Crippen LogP contribution < -0.4 is 21.1 Å². The van der Waals surface area contributed by atoms with E-state index >= 15 is 4.39 Å². The summed E-state index contributed by atoms with van der Waals surface area (Å²) in [5.41, 5.74) is 1.68. The number of carboxylic acid groups (broad SMARTS) is 2. The predicted octanol–water partition coefficient (Wildman–Crippen LogP) is 0.997. The maximum atomic E-state index is 15.3. The van der Waals surface area contributed by atoms with E-state index in [4.69, 9.17) is 6.42 Å². The first-order valence-corrected chi connectivity index (χ1v) is 14.6. The van der Waals surface area contributed by atoms with Gasteiger partial charge < -0.3 is 30.7 Å². The Morgan fingerprint density at radius 2 is 1.79 bits per heavy atom. The number of aromatic nitrogens is 6. The molecule has 0 fully saturated rings. The van der Waals surface area contributed by atoms with Crippen LogP contribution in [0.15, 0.2) is 35.1 Å². The molecule has 0 saturated heterocycles. The number of benzene rings is 2. The smallest absolute Gasteiger partial charge is 0.326 e. The molecule has 17 heteroatoms. The van der Waals surface area contributed by atoms with Crippen molar-refractivity contribution in [3.05, 3.63) is 74.8 Å². The molecule has 0 aliphatic rings. The number of hydrogen-bond acceptors (Lipinski definition) is 10. The maximum absolute atomic E-state index is 15.3. The minimum Gasteiger partial charge on any atom is -0.480 e. The van der Waals surface area contributed by atoms with Crippen molar-refractivity contribution in [3.8, 4) is 12.3 Å². The van der Waals surface area contributed by atoms with Crippen molar-refractivity contribution in [1.82, 2.24) is 41.2 Å². The van der Waals surface area contributed by atoms with Gasteiger partial charge in [0, 0.05) is 25.1 Å². The number of hydrogen-bond donors (Lipinski definition) is 6. The van der Waals surface area contributed by atoms with Crippen molar-refractivity contribution in [2.24, 2.45) is 0 Å². The lowest BCUT2D eigenvalue weighted by atomic mass is 10.0. The Bertz CT molecular complexity index is 1940. The summed E-state index contributed by atoms with van der Waals surface area (Å²) >= 11 is 0. The molecule has 2 aromatic heterocycles. The topological polar surface area (TPSA) is 236 Å². The molecule has 16 nitrogen and oxygen atoms in total. The molecule has 0 saturated carbocycles. The maximum Gasteiger partial charge on any atom is 0.326 e. The van der Waals surface area contributed by atoms with Crippen LogP contribution in [0.1, 0.15) is 52.4 Å². The fourth-order valence-corrected chi connectivity index (χ4v) is 4.92. The van der Waals surface area contributed by atoms with Gasteiger partial charge in [0.05, 0.1) is 23.0 Å². The second-order valence-corrected chi connectivity index (χ2v) is 10.9. The second kappa shape index (κ2) is 15.4. The molecular formula is C31H32FN9O7. The number of fused-ring (bicyclic) bond motifs is 1. The quantitative estimate of drug-likeness (QED) is 0.0979.